The summed E-state index contributed by atoms with van der Waals surface area (Å²) in [5.41, 5.74) is 5.22. The minimum absolute atomic E-state index is 0.718. The summed E-state index contributed by atoms with van der Waals surface area (Å²) in [5.74, 6) is 0.718. The van der Waals surface area contributed by atoms with Crippen LogP contribution in [-0.2, 0) is 0 Å². The van der Waals surface area contributed by atoms with E-state index in [9.17, 15) is 0 Å². The van der Waals surface area contributed by atoms with E-state index >= 15 is 0 Å². The second kappa shape index (κ2) is 4.22. The smallest absolute Gasteiger partial charge is 0.100 e. The van der Waals surface area contributed by atoms with Gasteiger partial charge in [-0.05, 0) is 24.3 Å². The van der Waals surface area contributed by atoms with Gasteiger partial charge >= 0.3 is 0 Å². The third kappa shape index (κ3) is 3.15. The molecule has 0 bridgehead atoms. The maximum atomic E-state index is 5.22. The van der Waals surface area contributed by atoms with Crippen LogP contribution in [0.25, 0.3) is 0 Å². The average Bonchev–Trinajstić information content (AvgIpc) is 2.57. The molecular weight excluding hydrogens is 138 g/mol. The zero-order chi connectivity index (χ0) is 7.94. The van der Waals surface area contributed by atoms with Crippen molar-refractivity contribution in [3.05, 3.63) is 42.9 Å². The van der Waals surface area contributed by atoms with Crippen molar-refractivity contribution in [2.24, 2.45) is 0 Å². The Hall–Kier alpha value is -1.64. The second-order valence-corrected chi connectivity index (χ2v) is 2.01. The number of rotatable bonds is 0. The van der Waals surface area contributed by atoms with E-state index in [0.29, 0.717) is 0 Å². The lowest BCUT2D eigenvalue weighted by atomic mass is 10.6. The van der Waals surface area contributed by atoms with Crippen LogP contribution in [0.2, 0.25) is 0 Å². The van der Waals surface area contributed by atoms with Crippen LogP contribution in [0.15, 0.2) is 42.9 Å². The molecule has 4 N–H and O–H groups in total. The first kappa shape index (κ1) is 7.47. The van der Waals surface area contributed by atoms with Crippen molar-refractivity contribution < 1.29 is 0 Å². The molecule has 0 unspecified atom stereocenters. The van der Waals surface area contributed by atoms with Crippen LogP contribution < -0.4 is 5.73 Å². The van der Waals surface area contributed by atoms with E-state index in [1.807, 2.05) is 30.6 Å². The molecule has 2 heterocycles. The number of hydrogen-bond donors (Lipinski definition) is 3. The van der Waals surface area contributed by atoms with Gasteiger partial charge in [-0.3, -0.25) is 0 Å². The molecule has 0 spiro atoms. The Morgan fingerprint density at radius 1 is 1.00 bits per heavy atom. The molecule has 3 nitrogen and oxygen atoms in total. The zero-order valence-corrected chi connectivity index (χ0v) is 6.12. The van der Waals surface area contributed by atoms with Gasteiger partial charge in [0.2, 0.25) is 0 Å². The third-order valence-corrected chi connectivity index (χ3v) is 1.12. The number of aromatic amines is 2. The molecule has 0 saturated heterocycles. The highest BCUT2D eigenvalue weighted by molar-refractivity contribution is 5.26. The van der Waals surface area contributed by atoms with Gasteiger partial charge < -0.3 is 15.7 Å². The predicted octanol–water partition coefficient (Wildman–Crippen LogP) is 1.61. The van der Waals surface area contributed by atoms with Crippen molar-refractivity contribution in [3.8, 4) is 0 Å². The van der Waals surface area contributed by atoms with Gasteiger partial charge in [0.1, 0.15) is 5.82 Å². The van der Waals surface area contributed by atoms with Gasteiger partial charge in [0.05, 0.1) is 0 Å². The minimum Gasteiger partial charge on any atom is -0.385 e. The van der Waals surface area contributed by atoms with Crippen LogP contribution in [-0.4, -0.2) is 9.97 Å². The summed E-state index contributed by atoms with van der Waals surface area (Å²) in [4.78, 5) is 5.64. The molecular formula is C8H11N3. The van der Waals surface area contributed by atoms with Gasteiger partial charge in [-0.25, -0.2) is 0 Å². The van der Waals surface area contributed by atoms with Crippen LogP contribution in [0.1, 0.15) is 0 Å². The number of aromatic nitrogens is 2. The largest absolute Gasteiger partial charge is 0.385 e. The van der Waals surface area contributed by atoms with Gasteiger partial charge in [0.15, 0.2) is 0 Å². The van der Waals surface area contributed by atoms with Crippen molar-refractivity contribution in [1.82, 2.24) is 9.97 Å². The highest BCUT2D eigenvalue weighted by Gasteiger charge is 1.72. The van der Waals surface area contributed by atoms with Crippen LogP contribution in [0.4, 0.5) is 5.82 Å². The molecule has 3 heteroatoms. The first-order valence-electron chi connectivity index (χ1n) is 3.36. The minimum atomic E-state index is 0.718. The van der Waals surface area contributed by atoms with Gasteiger partial charge in [-0.1, -0.05) is 0 Å². The molecule has 0 amide bonds. The Balaban J connectivity index is 0.000000112. The van der Waals surface area contributed by atoms with E-state index in [0.717, 1.165) is 5.82 Å². The summed E-state index contributed by atoms with van der Waals surface area (Å²) in [6, 6.07) is 7.55. The first-order chi connectivity index (χ1) is 5.39. The fraction of sp³-hybridized carbons (Fsp3) is 0. The molecule has 0 aliphatic carbocycles. The molecule has 2 aromatic rings. The quantitative estimate of drug-likeness (QED) is 0.523. The number of anilines is 1. The van der Waals surface area contributed by atoms with E-state index in [4.69, 9.17) is 5.73 Å². The number of hydrogen-bond acceptors (Lipinski definition) is 1. The number of nitrogen functional groups attached to an aromatic ring is 1. The Labute approximate surface area is 65.3 Å². The summed E-state index contributed by atoms with van der Waals surface area (Å²) in [7, 11) is 0. The van der Waals surface area contributed by atoms with E-state index in [2.05, 4.69) is 9.97 Å². The number of nitrogens with one attached hydrogen (secondary N) is 2. The molecule has 0 aromatic carbocycles. The fourth-order valence-corrected chi connectivity index (χ4v) is 0.622. The van der Waals surface area contributed by atoms with Crippen LogP contribution in [0.5, 0.6) is 0 Å². The van der Waals surface area contributed by atoms with E-state index in [-0.39, 0.29) is 0 Å². The molecule has 0 radical (unpaired) electrons. The zero-order valence-electron chi connectivity index (χ0n) is 6.12. The van der Waals surface area contributed by atoms with E-state index in [1.165, 1.54) is 0 Å². The number of H-pyrrole nitrogens is 2. The number of nitrogens with two attached hydrogens (primary N) is 1. The highest BCUT2D eigenvalue weighted by Crippen LogP contribution is 1.90. The summed E-state index contributed by atoms with van der Waals surface area (Å²) in [5, 5.41) is 0. The van der Waals surface area contributed by atoms with E-state index in [1.54, 1.807) is 12.3 Å². The Morgan fingerprint density at radius 3 is 1.91 bits per heavy atom. The van der Waals surface area contributed by atoms with Gasteiger partial charge in [0, 0.05) is 18.6 Å². The molecule has 0 saturated carbocycles. The molecule has 0 aliphatic heterocycles. The lowest BCUT2D eigenvalue weighted by Gasteiger charge is -1.72. The lowest BCUT2D eigenvalue weighted by molar-refractivity contribution is 1.42. The summed E-state index contributed by atoms with van der Waals surface area (Å²) < 4.78 is 0. The SMILES string of the molecule is Nc1ccc[nH]1.c1cc[nH]c1. The lowest BCUT2D eigenvalue weighted by Crippen LogP contribution is -1.79. The van der Waals surface area contributed by atoms with Crippen molar-refractivity contribution in [3.63, 3.8) is 0 Å². The molecule has 2 aromatic heterocycles. The topological polar surface area (TPSA) is 57.6 Å². The average molecular weight is 149 g/mol. The summed E-state index contributed by atoms with van der Waals surface area (Å²) >= 11 is 0. The standard InChI is InChI=1S/C4H6N2.C4H5N/c5-4-2-1-3-6-4;1-2-4-5-3-1/h1-3,6H,5H2;1-5H. The Morgan fingerprint density at radius 2 is 1.73 bits per heavy atom. The monoisotopic (exact) mass is 149 g/mol. The van der Waals surface area contributed by atoms with Gasteiger partial charge in [-0.2, -0.15) is 0 Å². The van der Waals surface area contributed by atoms with E-state index < -0.39 is 0 Å². The molecule has 11 heavy (non-hydrogen) atoms. The maximum Gasteiger partial charge on any atom is 0.100 e. The second-order valence-electron chi connectivity index (χ2n) is 2.01. The third-order valence-electron chi connectivity index (χ3n) is 1.12. The van der Waals surface area contributed by atoms with Crippen molar-refractivity contribution in [2.45, 2.75) is 0 Å². The molecule has 58 valence electrons. The summed E-state index contributed by atoms with van der Waals surface area (Å²) in [6.45, 7) is 0. The van der Waals surface area contributed by atoms with Gasteiger partial charge in [0.25, 0.3) is 0 Å². The van der Waals surface area contributed by atoms with Crippen molar-refractivity contribution in [1.29, 1.82) is 0 Å². The normalized spacial score (nSPS) is 8.36. The fourth-order valence-electron chi connectivity index (χ4n) is 0.622. The molecule has 0 atom stereocenters. The van der Waals surface area contributed by atoms with Crippen molar-refractivity contribution >= 4 is 5.82 Å². The van der Waals surface area contributed by atoms with Crippen LogP contribution >= 0.6 is 0 Å². The molecule has 0 fully saturated rings. The maximum absolute atomic E-state index is 5.22. The Bertz CT molecular complexity index is 227. The van der Waals surface area contributed by atoms with Crippen LogP contribution in [0, 0.1) is 0 Å². The first-order valence-corrected chi connectivity index (χ1v) is 3.36. The highest BCUT2D eigenvalue weighted by atomic mass is 14.8. The molecule has 0 aliphatic rings. The van der Waals surface area contributed by atoms with Crippen LogP contribution in [0.3, 0.4) is 0 Å². The Kier molecular flexibility index (Phi) is 2.86. The van der Waals surface area contributed by atoms with Crippen molar-refractivity contribution in [2.75, 3.05) is 5.73 Å². The molecule has 2 rings (SSSR count). The van der Waals surface area contributed by atoms with Gasteiger partial charge in [-0.15, -0.1) is 0 Å². The summed E-state index contributed by atoms with van der Waals surface area (Å²) in [6.07, 6.45) is 5.54. The predicted molar refractivity (Wildman–Crippen MR) is 46.0 cm³/mol.